The molecule has 0 unspecified atom stereocenters. The number of ether oxygens (including phenoxy) is 2. The number of carbonyl (C=O) groups excluding carboxylic acids is 3. The topological polar surface area (TPSA) is 120 Å². The van der Waals surface area contributed by atoms with Gasteiger partial charge in [-0.15, -0.1) is 0 Å². The van der Waals surface area contributed by atoms with Crippen molar-refractivity contribution in [3.05, 3.63) is 35.9 Å². The zero-order valence-electron chi connectivity index (χ0n) is 18.2. The van der Waals surface area contributed by atoms with Gasteiger partial charge in [0.25, 0.3) is 0 Å². The molecule has 0 heterocycles. The predicted molar refractivity (Wildman–Crippen MR) is 115 cm³/mol. The molecule has 1 aromatic rings. The molecule has 1 aromatic carbocycles. The van der Waals surface area contributed by atoms with Crippen molar-refractivity contribution in [1.82, 2.24) is 10.6 Å². The molecular weight excluding hydrogens is 386 g/mol. The molecule has 0 aliphatic heterocycles. The highest BCUT2D eigenvalue weighted by Gasteiger charge is 2.27. The molecule has 0 radical (unpaired) electrons. The van der Waals surface area contributed by atoms with Crippen LogP contribution in [0.4, 0.5) is 4.79 Å². The fourth-order valence-corrected chi connectivity index (χ4v) is 2.93. The van der Waals surface area contributed by atoms with E-state index in [4.69, 9.17) is 15.2 Å². The lowest BCUT2D eigenvalue weighted by atomic mass is 10.0. The van der Waals surface area contributed by atoms with Gasteiger partial charge in [-0.05, 0) is 43.7 Å². The minimum Gasteiger partial charge on any atom is -0.445 e. The Morgan fingerprint density at radius 3 is 2.33 bits per heavy atom. The van der Waals surface area contributed by atoms with Crippen molar-refractivity contribution in [2.24, 2.45) is 11.7 Å². The number of alkyl carbamates (subject to hydrolysis) is 1. The summed E-state index contributed by atoms with van der Waals surface area (Å²) in [6.07, 6.45) is 1.67. The van der Waals surface area contributed by atoms with Gasteiger partial charge < -0.3 is 25.8 Å². The van der Waals surface area contributed by atoms with Crippen LogP contribution in [0.25, 0.3) is 0 Å². The van der Waals surface area contributed by atoms with Gasteiger partial charge in [0, 0.05) is 7.11 Å². The monoisotopic (exact) mass is 421 g/mol. The fraction of sp³-hybridized carbons (Fsp3) is 0.591. The van der Waals surface area contributed by atoms with Crippen LogP contribution in [0.5, 0.6) is 0 Å². The summed E-state index contributed by atoms with van der Waals surface area (Å²) < 4.78 is 10.2. The average Bonchev–Trinajstić information content (AvgIpc) is 2.71. The van der Waals surface area contributed by atoms with E-state index in [0.29, 0.717) is 25.8 Å². The quantitative estimate of drug-likeness (QED) is 0.396. The molecule has 0 aliphatic carbocycles. The van der Waals surface area contributed by atoms with E-state index in [-0.39, 0.29) is 24.9 Å². The number of hydrogen-bond acceptors (Lipinski definition) is 6. The molecule has 30 heavy (non-hydrogen) atoms. The first-order valence-corrected chi connectivity index (χ1v) is 10.4. The maximum Gasteiger partial charge on any atom is 0.408 e. The van der Waals surface area contributed by atoms with Gasteiger partial charge in [0.1, 0.15) is 19.3 Å². The minimum absolute atomic E-state index is 0.0883. The highest BCUT2D eigenvalue weighted by molar-refractivity contribution is 5.92. The summed E-state index contributed by atoms with van der Waals surface area (Å²) in [5.41, 5.74) is 6.37. The molecule has 168 valence electrons. The summed E-state index contributed by atoms with van der Waals surface area (Å²) >= 11 is 0. The van der Waals surface area contributed by atoms with Crippen LogP contribution in [0.2, 0.25) is 0 Å². The van der Waals surface area contributed by atoms with Gasteiger partial charge in [0.15, 0.2) is 5.78 Å². The Labute approximate surface area is 178 Å². The Hall–Kier alpha value is -2.45. The van der Waals surface area contributed by atoms with Crippen LogP contribution in [-0.2, 0) is 25.7 Å². The summed E-state index contributed by atoms with van der Waals surface area (Å²) in [5, 5.41) is 5.39. The van der Waals surface area contributed by atoms with Gasteiger partial charge >= 0.3 is 6.09 Å². The first kappa shape index (κ1) is 25.6. The molecule has 1 rings (SSSR count). The van der Waals surface area contributed by atoms with Gasteiger partial charge in [0.05, 0.1) is 6.04 Å². The number of nitrogens with two attached hydrogens (primary N) is 1. The molecule has 0 spiro atoms. The van der Waals surface area contributed by atoms with Crippen molar-refractivity contribution in [3.63, 3.8) is 0 Å². The van der Waals surface area contributed by atoms with E-state index in [1.807, 2.05) is 44.2 Å². The SMILES string of the molecule is COCC(=O)[C@@H](CCCCN)NC(=O)[C@H](CC(C)C)NC(=O)OCc1ccccc1. The standard InChI is InChI=1S/C22H35N3O5/c1-16(2)13-19(25-22(28)30-14-17-9-5-4-6-10-17)21(27)24-18(11-7-8-12-23)20(26)15-29-3/h4-6,9-10,16,18-19H,7-8,11-15,23H2,1-3H3,(H,24,27)(H,25,28)/t18-,19+/m1/s1. The Morgan fingerprint density at radius 1 is 1.03 bits per heavy atom. The second-order valence-corrected chi connectivity index (χ2v) is 7.63. The van der Waals surface area contributed by atoms with Crippen LogP contribution in [0.15, 0.2) is 30.3 Å². The summed E-state index contributed by atoms with van der Waals surface area (Å²) in [7, 11) is 1.43. The first-order valence-electron chi connectivity index (χ1n) is 10.4. The summed E-state index contributed by atoms with van der Waals surface area (Å²) in [4.78, 5) is 37.4. The lowest BCUT2D eigenvalue weighted by Crippen LogP contribution is -2.52. The number of hydrogen-bond donors (Lipinski definition) is 3. The third-order valence-corrected chi connectivity index (χ3v) is 4.47. The van der Waals surface area contributed by atoms with Crippen molar-refractivity contribution in [2.45, 2.75) is 58.2 Å². The number of unbranched alkanes of at least 4 members (excludes halogenated alkanes) is 1. The molecule has 0 bridgehead atoms. The Bertz CT molecular complexity index is 651. The van der Waals surface area contributed by atoms with Crippen molar-refractivity contribution in [1.29, 1.82) is 0 Å². The molecular formula is C22H35N3O5. The number of nitrogens with one attached hydrogen (secondary N) is 2. The van der Waals surface area contributed by atoms with Gasteiger partial charge in [-0.1, -0.05) is 44.2 Å². The molecule has 0 saturated heterocycles. The lowest BCUT2D eigenvalue weighted by molar-refractivity contribution is -0.131. The molecule has 4 N–H and O–H groups in total. The number of amides is 2. The van der Waals surface area contributed by atoms with Gasteiger partial charge in [-0.2, -0.15) is 0 Å². The number of ketones is 1. The molecule has 0 aromatic heterocycles. The van der Waals surface area contributed by atoms with E-state index in [9.17, 15) is 14.4 Å². The smallest absolute Gasteiger partial charge is 0.408 e. The van der Waals surface area contributed by atoms with Gasteiger partial charge in [-0.3, -0.25) is 9.59 Å². The fourth-order valence-electron chi connectivity index (χ4n) is 2.93. The molecule has 0 aliphatic rings. The number of benzene rings is 1. The van der Waals surface area contributed by atoms with Crippen molar-refractivity contribution < 1.29 is 23.9 Å². The average molecular weight is 422 g/mol. The number of rotatable bonds is 14. The lowest BCUT2D eigenvalue weighted by Gasteiger charge is -2.23. The van der Waals surface area contributed by atoms with Crippen LogP contribution in [-0.4, -0.2) is 50.1 Å². The van der Waals surface area contributed by atoms with E-state index >= 15 is 0 Å². The van der Waals surface area contributed by atoms with Crippen LogP contribution >= 0.6 is 0 Å². The summed E-state index contributed by atoms with van der Waals surface area (Å²) in [6.45, 7) is 4.44. The van der Waals surface area contributed by atoms with Crippen molar-refractivity contribution in [3.8, 4) is 0 Å². The zero-order chi connectivity index (χ0) is 22.4. The Balaban J connectivity index is 2.71. The second-order valence-electron chi connectivity index (χ2n) is 7.63. The molecule has 0 saturated carbocycles. The molecule has 8 heteroatoms. The first-order chi connectivity index (χ1) is 14.4. The van der Waals surface area contributed by atoms with E-state index in [1.165, 1.54) is 7.11 Å². The number of Topliss-reactive ketones (excluding diaryl/α,β-unsaturated/α-hetero) is 1. The second kappa shape index (κ2) is 14.5. The van der Waals surface area contributed by atoms with Crippen molar-refractivity contribution in [2.75, 3.05) is 20.3 Å². The minimum atomic E-state index is -0.805. The molecule has 8 nitrogen and oxygen atoms in total. The zero-order valence-corrected chi connectivity index (χ0v) is 18.2. The highest BCUT2D eigenvalue weighted by atomic mass is 16.5. The Kier molecular flexibility index (Phi) is 12.4. The van der Waals surface area contributed by atoms with Crippen LogP contribution in [0.1, 0.15) is 45.1 Å². The van der Waals surface area contributed by atoms with E-state index < -0.39 is 24.1 Å². The van der Waals surface area contributed by atoms with Crippen molar-refractivity contribution >= 4 is 17.8 Å². The van der Waals surface area contributed by atoms with Crippen LogP contribution in [0.3, 0.4) is 0 Å². The predicted octanol–water partition coefficient (Wildman–Crippen LogP) is 2.16. The van der Waals surface area contributed by atoms with E-state index in [2.05, 4.69) is 10.6 Å². The van der Waals surface area contributed by atoms with E-state index in [1.54, 1.807) is 0 Å². The Morgan fingerprint density at radius 2 is 1.73 bits per heavy atom. The van der Waals surface area contributed by atoms with Crippen LogP contribution < -0.4 is 16.4 Å². The largest absolute Gasteiger partial charge is 0.445 e. The molecule has 2 amide bonds. The molecule has 0 fully saturated rings. The maximum absolute atomic E-state index is 12.8. The van der Waals surface area contributed by atoms with Crippen LogP contribution in [0, 0.1) is 5.92 Å². The normalized spacial score (nSPS) is 12.8. The third-order valence-electron chi connectivity index (χ3n) is 4.47. The van der Waals surface area contributed by atoms with Gasteiger partial charge in [-0.25, -0.2) is 4.79 Å². The summed E-state index contributed by atoms with van der Waals surface area (Å²) in [5.74, 6) is -0.471. The van der Waals surface area contributed by atoms with Gasteiger partial charge in [0.2, 0.25) is 5.91 Å². The highest BCUT2D eigenvalue weighted by Crippen LogP contribution is 2.09. The molecule has 2 atom stereocenters. The maximum atomic E-state index is 12.8. The van der Waals surface area contributed by atoms with E-state index in [0.717, 1.165) is 12.0 Å². The summed E-state index contributed by atoms with van der Waals surface area (Å²) in [6, 6.07) is 7.79. The number of carbonyl (C=O) groups is 3. The third kappa shape index (κ3) is 10.4. The number of methoxy groups -OCH3 is 1.